The first-order valence-electron chi connectivity index (χ1n) is 6.45. The topological polar surface area (TPSA) is 30.7 Å². The van der Waals surface area contributed by atoms with Gasteiger partial charge in [-0.25, -0.2) is 0 Å². The monoisotopic (exact) mass is 249 g/mol. The Balaban J connectivity index is 2.20. The minimum absolute atomic E-state index is 0.856. The summed E-state index contributed by atoms with van der Waals surface area (Å²) in [5.74, 6) is 1.87. The molecule has 3 heteroatoms. The second-order valence-corrected chi connectivity index (χ2v) is 4.33. The van der Waals surface area contributed by atoms with Crippen LogP contribution in [0.5, 0.6) is 0 Å². The van der Waals surface area contributed by atoms with Crippen molar-refractivity contribution in [1.29, 1.82) is 0 Å². The van der Waals surface area contributed by atoms with Crippen LogP contribution in [0.1, 0.15) is 12.7 Å². The number of rotatable bonds is 3. The highest BCUT2D eigenvalue weighted by molar-refractivity contribution is 5.58. The number of para-hydroxylation sites is 1. The van der Waals surface area contributed by atoms with Crippen LogP contribution in [0.3, 0.4) is 0 Å². The van der Waals surface area contributed by atoms with Crippen molar-refractivity contribution in [1.82, 2.24) is 14.8 Å². The highest BCUT2D eigenvalue weighted by atomic mass is 15.3. The first-order chi connectivity index (χ1) is 9.40. The molecule has 2 aromatic carbocycles. The summed E-state index contributed by atoms with van der Waals surface area (Å²) in [6, 6.07) is 20.4. The minimum atomic E-state index is 0.856. The van der Waals surface area contributed by atoms with Gasteiger partial charge in [0.25, 0.3) is 0 Å². The van der Waals surface area contributed by atoms with Crippen LogP contribution in [0, 0.1) is 0 Å². The van der Waals surface area contributed by atoms with Gasteiger partial charge in [0.1, 0.15) is 5.82 Å². The average molecular weight is 249 g/mol. The lowest BCUT2D eigenvalue weighted by atomic mass is 10.2. The zero-order valence-electron chi connectivity index (χ0n) is 10.8. The van der Waals surface area contributed by atoms with E-state index >= 15 is 0 Å². The molecule has 0 atom stereocenters. The average Bonchev–Trinajstić information content (AvgIpc) is 2.93. The predicted octanol–water partition coefficient (Wildman–Crippen LogP) is 3.50. The lowest BCUT2D eigenvalue weighted by Gasteiger charge is -2.09. The molecule has 0 unspecified atom stereocenters. The SMILES string of the molecule is CCc1nnc(-c2ccccc2)n1-c1ccccc1. The minimum Gasteiger partial charge on any atom is -0.279 e. The highest BCUT2D eigenvalue weighted by Crippen LogP contribution is 2.22. The molecule has 0 N–H and O–H groups in total. The van der Waals surface area contributed by atoms with Crippen molar-refractivity contribution in [2.75, 3.05) is 0 Å². The van der Waals surface area contributed by atoms with E-state index in [2.05, 4.69) is 46.0 Å². The van der Waals surface area contributed by atoms with Crippen LogP contribution >= 0.6 is 0 Å². The first kappa shape index (κ1) is 11.7. The second kappa shape index (κ2) is 5.06. The molecule has 0 amide bonds. The third-order valence-electron chi connectivity index (χ3n) is 3.09. The summed E-state index contributed by atoms with van der Waals surface area (Å²) < 4.78 is 2.12. The summed E-state index contributed by atoms with van der Waals surface area (Å²) >= 11 is 0. The van der Waals surface area contributed by atoms with Crippen LogP contribution in [0.4, 0.5) is 0 Å². The van der Waals surface area contributed by atoms with Gasteiger partial charge in [-0.3, -0.25) is 4.57 Å². The van der Waals surface area contributed by atoms with Crippen LogP contribution in [0.25, 0.3) is 17.1 Å². The fourth-order valence-electron chi connectivity index (χ4n) is 2.17. The molecule has 0 radical (unpaired) electrons. The Labute approximate surface area is 112 Å². The van der Waals surface area contributed by atoms with Crippen molar-refractivity contribution in [3.8, 4) is 17.1 Å². The zero-order valence-corrected chi connectivity index (χ0v) is 10.8. The maximum atomic E-state index is 4.35. The van der Waals surface area contributed by atoms with E-state index in [0.717, 1.165) is 29.3 Å². The molecule has 94 valence electrons. The van der Waals surface area contributed by atoms with Gasteiger partial charge in [0.15, 0.2) is 5.82 Å². The lowest BCUT2D eigenvalue weighted by Crippen LogP contribution is -2.01. The number of aryl methyl sites for hydroxylation is 1. The van der Waals surface area contributed by atoms with Gasteiger partial charge in [-0.05, 0) is 12.1 Å². The smallest absolute Gasteiger partial charge is 0.168 e. The quantitative estimate of drug-likeness (QED) is 0.711. The highest BCUT2D eigenvalue weighted by Gasteiger charge is 2.13. The second-order valence-electron chi connectivity index (χ2n) is 4.33. The van der Waals surface area contributed by atoms with E-state index in [-0.39, 0.29) is 0 Å². The van der Waals surface area contributed by atoms with E-state index < -0.39 is 0 Å². The van der Waals surface area contributed by atoms with E-state index in [4.69, 9.17) is 0 Å². The van der Waals surface area contributed by atoms with Crippen molar-refractivity contribution in [2.24, 2.45) is 0 Å². The Morgan fingerprint density at radius 3 is 2.11 bits per heavy atom. The molecule has 0 spiro atoms. The van der Waals surface area contributed by atoms with Gasteiger partial charge in [-0.15, -0.1) is 10.2 Å². The van der Waals surface area contributed by atoms with E-state index in [9.17, 15) is 0 Å². The van der Waals surface area contributed by atoms with E-state index in [1.165, 1.54) is 0 Å². The molecule has 0 saturated heterocycles. The Morgan fingerprint density at radius 2 is 1.47 bits per heavy atom. The fourth-order valence-corrected chi connectivity index (χ4v) is 2.17. The van der Waals surface area contributed by atoms with Gasteiger partial charge in [0.2, 0.25) is 0 Å². The van der Waals surface area contributed by atoms with Crippen LogP contribution in [0.2, 0.25) is 0 Å². The normalized spacial score (nSPS) is 10.6. The maximum Gasteiger partial charge on any atom is 0.168 e. The van der Waals surface area contributed by atoms with Gasteiger partial charge in [0.05, 0.1) is 0 Å². The summed E-state index contributed by atoms with van der Waals surface area (Å²) in [6.45, 7) is 2.10. The van der Waals surface area contributed by atoms with Gasteiger partial charge < -0.3 is 0 Å². The molecule has 0 saturated carbocycles. The van der Waals surface area contributed by atoms with Gasteiger partial charge in [-0.2, -0.15) is 0 Å². The molecule has 19 heavy (non-hydrogen) atoms. The first-order valence-corrected chi connectivity index (χ1v) is 6.45. The van der Waals surface area contributed by atoms with Crippen molar-refractivity contribution in [3.63, 3.8) is 0 Å². The molecular weight excluding hydrogens is 234 g/mol. The van der Waals surface area contributed by atoms with Crippen molar-refractivity contribution in [3.05, 3.63) is 66.5 Å². The molecule has 1 heterocycles. The van der Waals surface area contributed by atoms with Crippen LogP contribution in [-0.2, 0) is 6.42 Å². The largest absolute Gasteiger partial charge is 0.279 e. The molecule has 3 rings (SSSR count). The van der Waals surface area contributed by atoms with Crippen molar-refractivity contribution < 1.29 is 0 Å². The number of aromatic nitrogens is 3. The number of hydrogen-bond donors (Lipinski definition) is 0. The Bertz CT molecular complexity index is 657. The summed E-state index contributed by atoms with van der Waals surface area (Å²) in [5, 5.41) is 8.65. The Kier molecular flexibility index (Phi) is 3.11. The summed E-state index contributed by atoms with van der Waals surface area (Å²) in [5.41, 5.74) is 2.18. The molecule has 0 aliphatic heterocycles. The summed E-state index contributed by atoms with van der Waals surface area (Å²) in [7, 11) is 0. The van der Waals surface area contributed by atoms with Crippen LogP contribution in [-0.4, -0.2) is 14.8 Å². The molecule has 3 aromatic rings. The van der Waals surface area contributed by atoms with Crippen LogP contribution < -0.4 is 0 Å². The number of benzene rings is 2. The fraction of sp³-hybridized carbons (Fsp3) is 0.125. The molecule has 0 bridgehead atoms. The standard InChI is InChI=1S/C16H15N3/c1-2-15-17-18-16(13-9-5-3-6-10-13)19(15)14-11-7-4-8-12-14/h3-12H,2H2,1H3. The Hall–Kier alpha value is -2.42. The Morgan fingerprint density at radius 1 is 0.842 bits per heavy atom. The van der Waals surface area contributed by atoms with Gasteiger partial charge >= 0.3 is 0 Å². The summed E-state index contributed by atoms with van der Waals surface area (Å²) in [6.07, 6.45) is 0.856. The van der Waals surface area contributed by atoms with Gasteiger partial charge in [-0.1, -0.05) is 55.5 Å². The third kappa shape index (κ3) is 2.15. The van der Waals surface area contributed by atoms with Crippen molar-refractivity contribution >= 4 is 0 Å². The lowest BCUT2D eigenvalue weighted by molar-refractivity contribution is 0.885. The molecule has 1 aromatic heterocycles. The maximum absolute atomic E-state index is 4.35. The summed E-state index contributed by atoms with van der Waals surface area (Å²) in [4.78, 5) is 0. The van der Waals surface area contributed by atoms with E-state index in [1.807, 2.05) is 36.4 Å². The molecular formula is C16H15N3. The van der Waals surface area contributed by atoms with Crippen LogP contribution in [0.15, 0.2) is 60.7 Å². The van der Waals surface area contributed by atoms with Crippen molar-refractivity contribution in [2.45, 2.75) is 13.3 Å². The zero-order chi connectivity index (χ0) is 13.1. The molecule has 0 aliphatic rings. The number of nitrogens with zero attached hydrogens (tertiary/aromatic N) is 3. The van der Waals surface area contributed by atoms with Gasteiger partial charge in [0, 0.05) is 17.7 Å². The molecule has 0 fully saturated rings. The molecule has 3 nitrogen and oxygen atoms in total. The number of hydrogen-bond acceptors (Lipinski definition) is 2. The van der Waals surface area contributed by atoms with E-state index in [0.29, 0.717) is 0 Å². The van der Waals surface area contributed by atoms with E-state index in [1.54, 1.807) is 0 Å². The predicted molar refractivity (Wildman–Crippen MR) is 76.2 cm³/mol. The molecule has 0 aliphatic carbocycles. The third-order valence-corrected chi connectivity index (χ3v) is 3.09.